The van der Waals surface area contributed by atoms with Crippen LogP contribution in [-0.2, 0) is 11.3 Å². The first-order chi connectivity index (χ1) is 13.6. The molecular weight excluding hydrogens is 483 g/mol. The Labute approximate surface area is 191 Å². The van der Waals surface area contributed by atoms with Crippen LogP contribution in [0.2, 0.25) is 0 Å². The Balaban J connectivity index is 0.00000420. The van der Waals surface area contributed by atoms with Crippen molar-refractivity contribution in [1.82, 2.24) is 15.5 Å². The molecule has 0 radical (unpaired) electrons. The summed E-state index contributed by atoms with van der Waals surface area (Å²) in [5, 5.41) is 6.11. The summed E-state index contributed by atoms with van der Waals surface area (Å²) in [5.74, 6) is 2.99. The summed E-state index contributed by atoms with van der Waals surface area (Å²) in [7, 11) is 3.35. The van der Waals surface area contributed by atoms with E-state index < -0.39 is 0 Å². The van der Waals surface area contributed by atoms with Crippen molar-refractivity contribution in [2.45, 2.75) is 39.7 Å². The second kappa shape index (κ2) is 13.5. The van der Waals surface area contributed by atoms with Crippen LogP contribution in [0.5, 0.6) is 11.5 Å². The highest BCUT2D eigenvalue weighted by molar-refractivity contribution is 14.0. The summed E-state index contributed by atoms with van der Waals surface area (Å²) < 4.78 is 11.0. The molecule has 1 heterocycles. The van der Waals surface area contributed by atoms with Gasteiger partial charge in [-0.15, -0.1) is 24.0 Å². The fourth-order valence-corrected chi connectivity index (χ4v) is 3.39. The van der Waals surface area contributed by atoms with Gasteiger partial charge in [-0.2, -0.15) is 0 Å². The zero-order chi connectivity index (χ0) is 20.4. The molecule has 1 aromatic carbocycles. The van der Waals surface area contributed by atoms with E-state index in [1.54, 1.807) is 14.2 Å². The van der Waals surface area contributed by atoms with Gasteiger partial charge in [-0.1, -0.05) is 6.07 Å². The van der Waals surface area contributed by atoms with E-state index in [-0.39, 0.29) is 29.9 Å². The van der Waals surface area contributed by atoms with E-state index in [9.17, 15) is 4.79 Å². The average Bonchev–Trinajstić information content (AvgIpc) is 2.72. The number of piperidine rings is 1. The van der Waals surface area contributed by atoms with Crippen molar-refractivity contribution >= 4 is 35.8 Å². The Morgan fingerprint density at radius 3 is 2.55 bits per heavy atom. The van der Waals surface area contributed by atoms with E-state index in [4.69, 9.17) is 14.5 Å². The van der Waals surface area contributed by atoms with Gasteiger partial charge in [-0.25, -0.2) is 4.99 Å². The normalized spacial score (nSPS) is 14.8. The summed E-state index contributed by atoms with van der Waals surface area (Å²) >= 11 is 0. The average molecular weight is 518 g/mol. The molecule has 0 aromatic heterocycles. The number of likely N-dealkylation sites (tertiary alicyclic amines) is 1. The molecule has 7 nitrogen and oxygen atoms in total. The summed E-state index contributed by atoms with van der Waals surface area (Å²) in [5.41, 5.74) is 1.07. The number of amides is 1. The molecule has 1 fully saturated rings. The lowest BCUT2D eigenvalue weighted by atomic mass is 9.93. The second-order valence-electron chi connectivity index (χ2n) is 6.90. The minimum absolute atomic E-state index is 0. The van der Waals surface area contributed by atoms with Gasteiger partial charge in [-0.05, 0) is 50.3 Å². The van der Waals surface area contributed by atoms with Crippen LogP contribution < -0.4 is 20.1 Å². The van der Waals surface area contributed by atoms with Crippen molar-refractivity contribution in [2.24, 2.45) is 10.9 Å². The number of guanidine groups is 1. The smallest absolute Gasteiger partial charge is 0.220 e. The molecule has 0 atom stereocenters. The van der Waals surface area contributed by atoms with Crippen molar-refractivity contribution < 1.29 is 14.3 Å². The van der Waals surface area contributed by atoms with Gasteiger partial charge in [0.1, 0.15) is 0 Å². The van der Waals surface area contributed by atoms with Crippen molar-refractivity contribution in [2.75, 3.05) is 40.4 Å². The number of halogens is 1. The summed E-state index contributed by atoms with van der Waals surface area (Å²) in [6.45, 7) is 7.87. The predicted octanol–water partition coefficient (Wildman–Crippen LogP) is 3.03. The number of aliphatic imine (C=N–C) groups is 1. The number of carbonyl (C=O) groups excluding carboxylic acids is 1. The lowest BCUT2D eigenvalue weighted by Crippen LogP contribution is -2.46. The molecule has 0 saturated carbocycles. The van der Waals surface area contributed by atoms with Gasteiger partial charge in [0.2, 0.25) is 5.91 Å². The molecule has 1 aromatic rings. The lowest BCUT2D eigenvalue weighted by Gasteiger charge is -2.34. The topological polar surface area (TPSA) is 75.2 Å². The van der Waals surface area contributed by atoms with Gasteiger partial charge in [-0.3, -0.25) is 4.79 Å². The molecular formula is C21H35IN4O3. The molecule has 1 aliphatic heterocycles. The second-order valence-corrected chi connectivity index (χ2v) is 6.90. The Morgan fingerprint density at radius 2 is 1.97 bits per heavy atom. The predicted molar refractivity (Wildman–Crippen MR) is 127 cm³/mol. The number of nitrogens with zero attached hydrogens (tertiary/aromatic N) is 2. The number of hydrogen-bond acceptors (Lipinski definition) is 4. The third-order valence-electron chi connectivity index (χ3n) is 4.94. The highest BCUT2D eigenvalue weighted by Crippen LogP contribution is 2.28. The largest absolute Gasteiger partial charge is 0.493 e. The third-order valence-corrected chi connectivity index (χ3v) is 4.94. The molecule has 1 amide bonds. The first-order valence-electron chi connectivity index (χ1n) is 10.1. The molecule has 2 rings (SSSR count). The quantitative estimate of drug-likeness (QED) is 0.315. The maximum absolute atomic E-state index is 11.6. The molecule has 0 unspecified atom stereocenters. The van der Waals surface area contributed by atoms with Gasteiger partial charge < -0.3 is 25.0 Å². The summed E-state index contributed by atoms with van der Waals surface area (Å²) in [6.07, 6.45) is 2.63. The minimum Gasteiger partial charge on any atom is -0.493 e. The van der Waals surface area contributed by atoms with E-state index in [0.717, 1.165) is 55.5 Å². The van der Waals surface area contributed by atoms with Crippen molar-refractivity contribution in [1.29, 1.82) is 0 Å². The van der Waals surface area contributed by atoms with E-state index in [1.165, 1.54) is 0 Å². The monoisotopic (exact) mass is 518 g/mol. The van der Waals surface area contributed by atoms with Crippen LogP contribution in [0.25, 0.3) is 0 Å². The SMILES string of the molecule is CCNC(=NCc1ccc(OCC)c(OC)c1)N1CCC(CC(=O)NC)CC1.I. The third kappa shape index (κ3) is 7.91. The molecule has 29 heavy (non-hydrogen) atoms. The molecule has 0 bridgehead atoms. The van der Waals surface area contributed by atoms with Gasteiger partial charge in [0, 0.05) is 33.1 Å². The number of hydrogen-bond donors (Lipinski definition) is 2. The van der Waals surface area contributed by atoms with E-state index in [1.807, 2.05) is 25.1 Å². The maximum atomic E-state index is 11.6. The minimum atomic E-state index is 0. The number of nitrogens with one attached hydrogen (secondary N) is 2. The Kier molecular flexibility index (Phi) is 11.8. The Morgan fingerprint density at radius 1 is 1.24 bits per heavy atom. The van der Waals surface area contributed by atoms with E-state index in [2.05, 4.69) is 22.5 Å². The van der Waals surface area contributed by atoms with Crippen LogP contribution in [-0.4, -0.2) is 57.2 Å². The molecule has 1 saturated heterocycles. The molecule has 164 valence electrons. The van der Waals surface area contributed by atoms with E-state index >= 15 is 0 Å². The molecule has 8 heteroatoms. The van der Waals surface area contributed by atoms with Crippen molar-refractivity contribution in [3.8, 4) is 11.5 Å². The fourth-order valence-electron chi connectivity index (χ4n) is 3.39. The van der Waals surface area contributed by atoms with Crippen molar-refractivity contribution in [3.63, 3.8) is 0 Å². The zero-order valence-corrected chi connectivity index (χ0v) is 20.3. The zero-order valence-electron chi connectivity index (χ0n) is 18.0. The van der Waals surface area contributed by atoms with Crippen LogP contribution in [0.4, 0.5) is 0 Å². The van der Waals surface area contributed by atoms with Gasteiger partial charge in [0.15, 0.2) is 17.5 Å². The molecule has 2 N–H and O–H groups in total. The lowest BCUT2D eigenvalue weighted by molar-refractivity contribution is -0.121. The number of ether oxygens (including phenoxy) is 2. The van der Waals surface area contributed by atoms with E-state index in [0.29, 0.717) is 25.5 Å². The molecule has 0 spiro atoms. The summed E-state index contributed by atoms with van der Waals surface area (Å²) in [4.78, 5) is 18.7. The van der Waals surface area contributed by atoms with Gasteiger partial charge in [0.25, 0.3) is 0 Å². The maximum Gasteiger partial charge on any atom is 0.220 e. The molecule has 0 aliphatic carbocycles. The van der Waals surface area contributed by atoms with Gasteiger partial charge >= 0.3 is 0 Å². The van der Waals surface area contributed by atoms with Crippen LogP contribution in [0.3, 0.4) is 0 Å². The van der Waals surface area contributed by atoms with Crippen LogP contribution >= 0.6 is 24.0 Å². The van der Waals surface area contributed by atoms with Crippen molar-refractivity contribution in [3.05, 3.63) is 23.8 Å². The highest BCUT2D eigenvalue weighted by Gasteiger charge is 2.23. The first kappa shape index (κ1) is 25.3. The molecule has 1 aliphatic rings. The number of benzene rings is 1. The highest BCUT2D eigenvalue weighted by atomic mass is 127. The van der Waals surface area contributed by atoms with Crippen LogP contribution in [0, 0.1) is 5.92 Å². The number of carbonyl (C=O) groups is 1. The van der Waals surface area contributed by atoms with Gasteiger partial charge in [0.05, 0.1) is 20.3 Å². The van der Waals surface area contributed by atoms with Crippen LogP contribution in [0.15, 0.2) is 23.2 Å². The number of rotatable bonds is 8. The first-order valence-corrected chi connectivity index (χ1v) is 10.1. The Hall–Kier alpha value is -1.71. The fraction of sp³-hybridized carbons (Fsp3) is 0.619. The standard InChI is InChI=1S/C21H34N4O3.HI/c1-5-23-21(25-11-9-16(10-12-25)14-20(26)22-3)24-15-17-7-8-18(28-6-2)19(13-17)27-4;/h7-8,13,16H,5-6,9-12,14-15H2,1-4H3,(H,22,26)(H,23,24);1H. The Bertz CT molecular complexity index is 661. The summed E-state index contributed by atoms with van der Waals surface area (Å²) in [6, 6.07) is 5.94. The number of methoxy groups -OCH3 is 1. The van der Waals surface area contributed by atoms with Crippen LogP contribution in [0.1, 0.15) is 38.7 Å².